The van der Waals surface area contributed by atoms with Crippen LogP contribution in [0.15, 0.2) is 85.3 Å². The summed E-state index contributed by atoms with van der Waals surface area (Å²) in [6.07, 6.45) is 5.64. The van der Waals surface area contributed by atoms with Crippen LogP contribution in [0, 0.1) is 0 Å². The minimum Gasteiger partial charge on any atom is -0.367 e. The van der Waals surface area contributed by atoms with Crippen LogP contribution in [0.1, 0.15) is 18.5 Å². The van der Waals surface area contributed by atoms with Gasteiger partial charge in [0.25, 0.3) is 0 Å². The van der Waals surface area contributed by atoms with Gasteiger partial charge < -0.3 is 15.0 Å². The molecule has 0 saturated carbocycles. The van der Waals surface area contributed by atoms with E-state index < -0.39 is 0 Å². The molecule has 0 spiro atoms. The third kappa shape index (κ3) is 4.00. The number of hydrogen-bond acceptors (Lipinski definition) is 5. The Morgan fingerprint density at radius 3 is 2.66 bits per heavy atom. The van der Waals surface area contributed by atoms with Crippen molar-refractivity contribution in [1.29, 1.82) is 0 Å². The molecule has 0 fully saturated rings. The number of carbonyl (C=O) groups is 1. The molecule has 5 aromatic rings. The number of imidazole rings is 1. The van der Waals surface area contributed by atoms with E-state index in [4.69, 9.17) is 9.97 Å². The van der Waals surface area contributed by atoms with Crippen LogP contribution < -0.4 is 10.6 Å². The Morgan fingerprint density at radius 1 is 1.00 bits per heavy atom. The Kier molecular flexibility index (Phi) is 5.21. The van der Waals surface area contributed by atoms with Crippen molar-refractivity contribution in [2.45, 2.75) is 13.0 Å². The predicted octanol–water partition coefficient (Wildman–Crippen LogP) is 4.23. The minimum atomic E-state index is -0.187. The van der Waals surface area contributed by atoms with Crippen LogP contribution in [0.3, 0.4) is 0 Å². The van der Waals surface area contributed by atoms with Gasteiger partial charge in [0.15, 0.2) is 5.82 Å². The van der Waals surface area contributed by atoms with Crippen molar-refractivity contribution in [3.05, 3.63) is 90.9 Å². The number of para-hydroxylation sites is 1. The number of carbonyl (C=O) groups excluding carboxylic acids is 1. The Hall–Kier alpha value is -4.26. The van der Waals surface area contributed by atoms with E-state index in [1.54, 1.807) is 6.20 Å². The minimum absolute atomic E-state index is 0.0810. The van der Waals surface area contributed by atoms with E-state index in [1.807, 2.05) is 83.5 Å². The molecule has 3 aromatic heterocycles. The number of benzene rings is 2. The molecule has 0 aliphatic heterocycles. The van der Waals surface area contributed by atoms with E-state index in [2.05, 4.69) is 15.6 Å². The summed E-state index contributed by atoms with van der Waals surface area (Å²) >= 11 is 0. The van der Waals surface area contributed by atoms with Crippen LogP contribution in [-0.4, -0.2) is 31.8 Å². The molecular weight excluding hydrogens is 400 g/mol. The number of amides is 1. The summed E-state index contributed by atoms with van der Waals surface area (Å²) in [7, 11) is 0. The fourth-order valence-corrected chi connectivity index (χ4v) is 3.77. The number of rotatable bonds is 6. The second-order valence-electron chi connectivity index (χ2n) is 7.57. The second kappa shape index (κ2) is 8.47. The lowest BCUT2D eigenvalue weighted by molar-refractivity contribution is -0.119. The lowest BCUT2D eigenvalue weighted by Crippen LogP contribution is -2.31. The fourth-order valence-electron chi connectivity index (χ4n) is 3.77. The number of aromatic nitrogens is 4. The van der Waals surface area contributed by atoms with Crippen LogP contribution in [0.4, 0.5) is 5.82 Å². The number of hydrogen-bond donors (Lipinski definition) is 2. The Labute approximate surface area is 185 Å². The Bertz CT molecular complexity index is 1400. The average molecular weight is 422 g/mol. The zero-order valence-corrected chi connectivity index (χ0v) is 17.6. The van der Waals surface area contributed by atoms with Gasteiger partial charge in [-0.2, -0.15) is 0 Å². The van der Waals surface area contributed by atoms with Crippen LogP contribution in [0.25, 0.3) is 27.9 Å². The lowest BCUT2D eigenvalue weighted by atomic mass is 10.1. The zero-order chi connectivity index (χ0) is 21.9. The molecule has 1 amide bonds. The van der Waals surface area contributed by atoms with E-state index in [-0.39, 0.29) is 11.9 Å². The first-order valence-corrected chi connectivity index (χ1v) is 10.4. The summed E-state index contributed by atoms with van der Waals surface area (Å²) in [5, 5.41) is 7.40. The molecule has 0 radical (unpaired) electrons. The number of pyridine rings is 1. The Morgan fingerprint density at radius 2 is 1.81 bits per heavy atom. The molecule has 158 valence electrons. The van der Waals surface area contributed by atoms with Crippen molar-refractivity contribution < 1.29 is 4.79 Å². The normalized spacial score (nSPS) is 12.0. The van der Waals surface area contributed by atoms with E-state index >= 15 is 0 Å². The van der Waals surface area contributed by atoms with Gasteiger partial charge in [0, 0.05) is 43.0 Å². The summed E-state index contributed by atoms with van der Waals surface area (Å²) < 4.78 is 1.95. The molecule has 2 N–H and O–H groups in total. The first-order chi connectivity index (χ1) is 15.7. The Balaban J connectivity index is 1.51. The SMILES string of the molecule is CC(=O)NC(CNc1nc(-c2ccc3nccn3c2)nc2ccccc12)c1ccccc1. The van der Waals surface area contributed by atoms with E-state index in [9.17, 15) is 4.79 Å². The van der Waals surface area contributed by atoms with E-state index in [0.29, 0.717) is 12.4 Å². The van der Waals surface area contributed by atoms with E-state index in [0.717, 1.165) is 33.5 Å². The van der Waals surface area contributed by atoms with Crippen molar-refractivity contribution in [1.82, 2.24) is 24.7 Å². The molecule has 32 heavy (non-hydrogen) atoms. The molecule has 2 aromatic carbocycles. The summed E-state index contributed by atoms with van der Waals surface area (Å²) in [5.74, 6) is 1.27. The summed E-state index contributed by atoms with van der Waals surface area (Å²) in [6, 6.07) is 21.5. The van der Waals surface area contributed by atoms with Gasteiger partial charge >= 0.3 is 0 Å². The molecule has 0 bridgehead atoms. The predicted molar refractivity (Wildman–Crippen MR) is 125 cm³/mol. The van der Waals surface area contributed by atoms with E-state index in [1.165, 1.54) is 6.92 Å². The van der Waals surface area contributed by atoms with Crippen LogP contribution >= 0.6 is 0 Å². The molecular formula is C25H22N6O. The zero-order valence-electron chi connectivity index (χ0n) is 17.6. The number of anilines is 1. The van der Waals surface area contributed by atoms with Gasteiger partial charge in [-0.15, -0.1) is 0 Å². The highest BCUT2D eigenvalue weighted by atomic mass is 16.1. The first-order valence-electron chi connectivity index (χ1n) is 10.4. The quantitative estimate of drug-likeness (QED) is 0.428. The maximum atomic E-state index is 11.8. The summed E-state index contributed by atoms with van der Waals surface area (Å²) in [4.78, 5) is 25.7. The van der Waals surface area contributed by atoms with Crippen molar-refractivity contribution in [2.24, 2.45) is 0 Å². The molecule has 3 heterocycles. The molecule has 0 aliphatic carbocycles. The van der Waals surface area contributed by atoms with Crippen LogP contribution in [0.5, 0.6) is 0 Å². The molecule has 0 aliphatic rings. The molecule has 5 rings (SSSR count). The fraction of sp³-hybridized carbons (Fsp3) is 0.120. The van der Waals surface area contributed by atoms with Crippen LogP contribution in [-0.2, 0) is 4.79 Å². The molecule has 7 nitrogen and oxygen atoms in total. The van der Waals surface area contributed by atoms with Gasteiger partial charge in [0.2, 0.25) is 5.91 Å². The van der Waals surface area contributed by atoms with Crippen molar-refractivity contribution in [3.63, 3.8) is 0 Å². The highest BCUT2D eigenvalue weighted by Crippen LogP contribution is 2.26. The van der Waals surface area contributed by atoms with Gasteiger partial charge in [-0.05, 0) is 29.8 Å². The average Bonchev–Trinajstić information content (AvgIpc) is 3.30. The maximum absolute atomic E-state index is 11.8. The van der Waals surface area contributed by atoms with Gasteiger partial charge in [-0.3, -0.25) is 4.79 Å². The van der Waals surface area contributed by atoms with Crippen LogP contribution in [0.2, 0.25) is 0 Å². The molecule has 1 unspecified atom stereocenters. The molecule has 1 atom stereocenters. The highest BCUT2D eigenvalue weighted by molar-refractivity contribution is 5.90. The number of fused-ring (bicyclic) bond motifs is 2. The second-order valence-corrected chi connectivity index (χ2v) is 7.57. The third-order valence-corrected chi connectivity index (χ3v) is 5.30. The molecule has 0 saturated heterocycles. The summed E-state index contributed by atoms with van der Waals surface area (Å²) in [6.45, 7) is 2.02. The van der Waals surface area contributed by atoms with Crippen molar-refractivity contribution in [3.8, 4) is 11.4 Å². The number of nitrogens with one attached hydrogen (secondary N) is 2. The third-order valence-electron chi connectivity index (χ3n) is 5.30. The first kappa shape index (κ1) is 19.7. The van der Waals surface area contributed by atoms with Gasteiger partial charge in [0.05, 0.1) is 11.6 Å². The highest BCUT2D eigenvalue weighted by Gasteiger charge is 2.15. The monoisotopic (exact) mass is 422 g/mol. The van der Waals surface area contributed by atoms with Gasteiger partial charge in [-0.25, -0.2) is 15.0 Å². The maximum Gasteiger partial charge on any atom is 0.217 e. The van der Waals surface area contributed by atoms with Crippen molar-refractivity contribution in [2.75, 3.05) is 11.9 Å². The largest absolute Gasteiger partial charge is 0.367 e. The van der Waals surface area contributed by atoms with Gasteiger partial charge in [0.1, 0.15) is 11.5 Å². The number of nitrogens with zero attached hydrogens (tertiary/aromatic N) is 4. The smallest absolute Gasteiger partial charge is 0.217 e. The topological polar surface area (TPSA) is 84.2 Å². The molecule has 7 heteroatoms. The van der Waals surface area contributed by atoms with Gasteiger partial charge in [-0.1, -0.05) is 42.5 Å². The van der Waals surface area contributed by atoms with Crippen molar-refractivity contribution >= 4 is 28.3 Å². The lowest BCUT2D eigenvalue weighted by Gasteiger charge is -2.20. The summed E-state index contributed by atoms with van der Waals surface area (Å²) in [5.41, 5.74) is 3.64. The standard InChI is InChI=1S/C25H22N6O/c1-17(32)28-22(18-7-3-2-4-8-18)15-27-25-20-9-5-6-10-21(20)29-24(30-25)19-11-12-23-26-13-14-31(23)16-19/h2-14,16,22H,15H2,1H3,(H,28,32)(H,27,29,30).